The van der Waals surface area contributed by atoms with E-state index in [0.717, 1.165) is 38.3 Å². The molecule has 0 aliphatic heterocycles. The van der Waals surface area contributed by atoms with Gasteiger partial charge in [-0.05, 0) is 32.6 Å². The number of hydrogen-bond donors (Lipinski definition) is 6. The number of aliphatic hydroxyl groups excluding tert-OH is 1. The second-order valence-corrected chi connectivity index (χ2v) is 8.70. The molecule has 0 bridgehead atoms. The Morgan fingerprint density at radius 2 is 1.66 bits per heavy atom. The van der Waals surface area contributed by atoms with Gasteiger partial charge in [-0.25, -0.2) is 9.59 Å². The van der Waals surface area contributed by atoms with Crippen molar-refractivity contribution in [2.24, 2.45) is 5.92 Å². The van der Waals surface area contributed by atoms with Gasteiger partial charge in [0.2, 0.25) is 11.8 Å². The van der Waals surface area contributed by atoms with Crippen molar-refractivity contribution in [3.63, 3.8) is 0 Å². The number of pyridine rings is 1. The van der Waals surface area contributed by atoms with Crippen molar-refractivity contribution in [1.29, 1.82) is 0 Å². The summed E-state index contributed by atoms with van der Waals surface area (Å²) in [5, 5.41) is 31.7. The number of carbonyl (C=O) groups excluding carboxylic acids is 2. The van der Waals surface area contributed by atoms with Gasteiger partial charge < -0.3 is 31.7 Å². The van der Waals surface area contributed by atoms with Crippen molar-refractivity contribution in [3.8, 4) is 0 Å². The summed E-state index contributed by atoms with van der Waals surface area (Å²) in [7, 11) is 0. The molecule has 1 aliphatic rings. The number of aliphatic hydroxyl groups is 1. The number of aliphatic carboxylic acids is 1. The molecule has 0 aromatic carbocycles. The highest BCUT2D eigenvalue weighted by Crippen LogP contribution is 2.27. The maximum absolute atomic E-state index is 12.4. The molecule has 1 saturated carbocycles. The minimum absolute atomic E-state index is 0.0528. The van der Waals surface area contributed by atoms with Gasteiger partial charge in [-0.2, -0.15) is 13.2 Å². The molecule has 0 saturated heterocycles. The van der Waals surface area contributed by atoms with Crippen molar-refractivity contribution in [1.82, 2.24) is 10.3 Å². The van der Waals surface area contributed by atoms with E-state index in [9.17, 15) is 32.7 Å². The molecular weight excluding hydrogens is 477 g/mol. The van der Waals surface area contributed by atoms with E-state index in [-0.39, 0.29) is 29.3 Å². The third kappa shape index (κ3) is 9.76. The highest BCUT2D eigenvalue weighted by Gasteiger charge is 2.38. The summed E-state index contributed by atoms with van der Waals surface area (Å²) in [6, 6.07) is 0. The molecule has 14 heteroatoms. The number of nitrogens with zero attached hydrogens (tertiary/aromatic N) is 1. The molecule has 0 unspecified atom stereocenters. The quantitative estimate of drug-likeness (QED) is 0.321. The first kappa shape index (κ1) is 29.6. The van der Waals surface area contributed by atoms with Crippen LogP contribution >= 0.6 is 0 Å². The Kier molecular flexibility index (Phi) is 10.4. The van der Waals surface area contributed by atoms with Crippen molar-refractivity contribution >= 4 is 35.1 Å². The number of halogens is 3. The van der Waals surface area contributed by atoms with Gasteiger partial charge >= 0.3 is 18.1 Å². The molecule has 2 rings (SSSR count). The van der Waals surface area contributed by atoms with Gasteiger partial charge in [-0.3, -0.25) is 14.6 Å². The van der Waals surface area contributed by atoms with Gasteiger partial charge in [0.25, 0.3) is 0 Å². The summed E-state index contributed by atoms with van der Waals surface area (Å²) in [6.07, 6.45) is 0.877. The van der Waals surface area contributed by atoms with E-state index in [1.54, 1.807) is 13.8 Å². The van der Waals surface area contributed by atoms with E-state index in [2.05, 4.69) is 15.6 Å². The fourth-order valence-electron chi connectivity index (χ4n) is 3.45. The number of nitrogen functional groups attached to an aromatic ring is 1. The van der Waals surface area contributed by atoms with Crippen LogP contribution in [0, 0.1) is 5.92 Å². The zero-order chi connectivity index (χ0) is 27.0. The zero-order valence-electron chi connectivity index (χ0n) is 19.2. The van der Waals surface area contributed by atoms with Gasteiger partial charge in [0, 0.05) is 18.2 Å². The number of alkyl halides is 3. The Labute approximate surface area is 198 Å². The molecule has 1 aliphatic carbocycles. The highest BCUT2D eigenvalue weighted by molar-refractivity contribution is 6.01. The predicted octanol–water partition coefficient (Wildman–Crippen LogP) is 2.16. The second-order valence-electron chi connectivity index (χ2n) is 8.70. The van der Waals surface area contributed by atoms with Crippen LogP contribution in [0.3, 0.4) is 0 Å². The molecule has 2 amide bonds. The Morgan fingerprint density at radius 1 is 1.11 bits per heavy atom. The lowest BCUT2D eigenvalue weighted by Crippen LogP contribution is -2.51. The van der Waals surface area contributed by atoms with Crippen LogP contribution in [-0.4, -0.2) is 61.9 Å². The van der Waals surface area contributed by atoms with Crippen LogP contribution in [-0.2, 0) is 14.4 Å². The van der Waals surface area contributed by atoms with Crippen LogP contribution < -0.4 is 16.4 Å². The number of carbonyl (C=O) groups is 4. The largest absolute Gasteiger partial charge is 0.490 e. The number of rotatable bonds is 7. The maximum atomic E-state index is 12.4. The van der Waals surface area contributed by atoms with Crippen LogP contribution in [0.25, 0.3) is 0 Å². The first-order valence-electron chi connectivity index (χ1n) is 10.6. The molecule has 1 fully saturated rings. The monoisotopic (exact) mass is 506 g/mol. The first-order chi connectivity index (χ1) is 16.0. The number of aromatic carboxylic acids is 1. The fourth-order valence-corrected chi connectivity index (χ4v) is 3.45. The summed E-state index contributed by atoms with van der Waals surface area (Å²) in [6.45, 7) is 3.35. The first-order valence-corrected chi connectivity index (χ1v) is 10.6. The zero-order valence-corrected chi connectivity index (χ0v) is 19.2. The summed E-state index contributed by atoms with van der Waals surface area (Å²) < 4.78 is 31.7. The lowest BCUT2D eigenvalue weighted by Gasteiger charge is -2.31. The van der Waals surface area contributed by atoms with Crippen LogP contribution in [0.4, 0.5) is 24.5 Å². The topological polar surface area (TPSA) is 192 Å². The van der Waals surface area contributed by atoms with Crippen LogP contribution in [0.1, 0.15) is 62.7 Å². The molecule has 35 heavy (non-hydrogen) atoms. The number of carboxylic acid groups (broad SMARTS) is 2. The lowest BCUT2D eigenvalue weighted by molar-refractivity contribution is -0.192. The summed E-state index contributed by atoms with van der Waals surface area (Å²) >= 11 is 0. The van der Waals surface area contributed by atoms with Crippen molar-refractivity contribution in [2.45, 2.75) is 70.2 Å². The van der Waals surface area contributed by atoms with Gasteiger partial charge in [0.15, 0.2) is 0 Å². The maximum Gasteiger partial charge on any atom is 0.490 e. The predicted molar refractivity (Wildman–Crippen MR) is 117 cm³/mol. The minimum atomic E-state index is -5.08. The Hall–Kier alpha value is -3.42. The minimum Gasteiger partial charge on any atom is -0.478 e. The second kappa shape index (κ2) is 12.3. The van der Waals surface area contributed by atoms with Gasteiger partial charge in [0.1, 0.15) is 11.7 Å². The third-order valence-electron chi connectivity index (χ3n) is 5.16. The summed E-state index contributed by atoms with van der Waals surface area (Å²) in [5.74, 6) is -5.01. The molecule has 1 aromatic rings. The van der Waals surface area contributed by atoms with E-state index >= 15 is 0 Å². The van der Waals surface area contributed by atoms with Crippen molar-refractivity contribution in [2.75, 3.05) is 11.1 Å². The molecule has 1 aromatic heterocycles. The number of nitrogens with one attached hydrogen (secondary N) is 2. The molecule has 0 radical (unpaired) electrons. The Morgan fingerprint density at radius 3 is 2.14 bits per heavy atom. The summed E-state index contributed by atoms with van der Waals surface area (Å²) in [4.78, 5) is 48.5. The molecule has 7 N–H and O–H groups in total. The normalized spacial score (nSPS) is 15.3. The van der Waals surface area contributed by atoms with Crippen molar-refractivity contribution < 1.29 is 47.7 Å². The number of aromatic nitrogens is 1. The molecule has 1 atom stereocenters. The Balaban J connectivity index is 0.000000762. The molecule has 1 heterocycles. The van der Waals surface area contributed by atoms with Crippen LogP contribution in [0.15, 0.2) is 12.4 Å². The SMILES string of the molecule is CC(C)(CC(=O)Nc1cncc(C(=O)O)c1N)NC(=O)[C@@H](O)C1CCCCC1.O=C(O)C(F)(F)F. The van der Waals surface area contributed by atoms with Gasteiger partial charge in [-0.1, -0.05) is 19.3 Å². The smallest absolute Gasteiger partial charge is 0.478 e. The molecule has 11 nitrogen and oxygen atoms in total. The lowest BCUT2D eigenvalue weighted by atomic mass is 9.84. The number of amides is 2. The van der Waals surface area contributed by atoms with Gasteiger partial charge in [0.05, 0.1) is 17.6 Å². The fraction of sp³-hybridized carbons (Fsp3) is 0.571. The van der Waals surface area contributed by atoms with Crippen LogP contribution in [0.2, 0.25) is 0 Å². The van der Waals surface area contributed by atoms with E-state index in [1.165, 1.54) is 6.20 Å². The molecule has 196 valence electrons. The Bertz CT molecular complexity index is 932. The third-order valence-corrected chi connectivity index (χ3v) is 5.16. The van der Waals surface area contributed by atoms with E-state index in [4.69, 9.17) is 20.7 Å². The highest BCUT2D eigenvalue weighted by atomic mass is 19.4. The summed E-state index contributed by atoms with van der Waals surface area (Å²) in [5.41, 5.74) is 4.64. The van der Waals surface area contributed by atoms with E-state index < -0.39 is 41.6 Å². The standard InChI is InChI=1S/C19H28N4O5.C2HF3O2/c1-19(2,23-17(26)16(25)11-6-4-3-5-7-11)8-14(24)22-13-10-21-9-12(15(13)20)18(27)28;3-2(4,5)1(6)7/h9-11,16,25H,3-8H2,1-2H3,(H2,20,21)(H,22,24)(H,23,26)(H,27,28);(H,6,7)/t16-;/m0./s1. The number of hydrogen-bond acceptors (Lipinski definition) is 7. The number of nitrogens with two attached hydrogens (primary N) is 1. The average molecular weight is 506 g/mol. The molecular formula is C21H29F3N4O7. The van der Waals surface area contributed by atoms with E-state index in [0.29, 0.717) is 0 Å². The number of anilines is 2. The number of carboxylic acids is 2. The van der Waals surface area contributed by atoms with Crippen LogP contribution in [0.5, 0.6) is 0 Å². The van der Waals surface area contributed by atoms with Gasteiger partial charge in [-0.15, -0.1) is 0 Å². The van der Waals surface area contributed by atoms with Crippen molar-refractivity contribution in [3.05, 3.63) is 18.0 Å². The average Bonchev–Trinajstić information content (AvgIpc) is 2.74. The molecule has 0 spiro atoms. The van der Waals surface area contributed by atoms with E-state index in [1.807, 2.05) is 0 Å².